The van der Waals surface area contributed by atoms with Gasteiger partial charge in [-0.15, -0.1) is 0 Å². The molecule has 0 bridgehead atoms. The van der Waals surface area contributed by atoms with Gasteiger partial charge in [-0.05, 0) is 47.0 Å². The van der Waals surface area contributed by atoms with Crippen LogP contribution in [0.15, 0.2) is 12.7 Å². The Hall–Kier alpha value is -3.25. The fraction of sp³-hybridized carbons (Fsp3) is 0.737. The topological polar surface area (TPSA) is 226 Å². The molecule has 4 aliphatic rings. The highest BCUT2D eigenvalue weighted by atomic mass is 79.9. The first-order valence-electron chi connectivity index (χ1n) is 20.0. The van der Waals surface area contributed by atoms with Crippen molar-refractivity contribution < 1.29 is 51.5 Å². The van der Waals surface area contributed by atoms with E-state index in [1.807, 2.05) is 20.8 Å². The summed E-state index contributed by atoms with van der Waals surface area (Å²) in [6, 6.07) is 0. The Balaban J connectivity index is 0.000000163. The minimum absolute atomic E-state index is 0.00151. The molecule has 0 amide bonds. The van der Waals surface area contributed by atoms with Gasteiger partial charge in [-0.2, -0.15) is 19.9 Å². The molecule has 0 radical (unpaired) electrons. The minimum Gasteiger partial charge on any atom is -0.479 e. The SMILES string of the molecule is CCC1C[C@@](C)(F)C(Br)O1.CCC1C[C@@](C)(F)C(O)O1.CCC1C[C@@](C)(F)C(n2cnc3c(Cl)nc(N)nc32)O1.COc1nc(N)nc2c1ncn2C1OC(CO)C[C@@]1(C)F. The molecule has 4 aromatic heterocycles. The number of alkyl halides is 5. The molecule has 0 aliphatic carbocycles. The van der Waals surface area contributed by atoms with E-state index < -0.39 is 52.5 Å². The molecule has 8 heterocycles. The van der Waals surface area contributed by atoms with Crippen molar-refractivity contribution in [3.05, 3.63) is 17.8 Å². The molecule has 6 N–H and O–H groups in total. The van der Waals surface area contributed by atoms with Crippen LogP contribution in [0.1, 0.15) is 106 Å². The Bertz CT molecular complexity index is 2070. The summed E-state index contributed by atoms with van der Waals surface area (Å²) in [6.07, 6.45) is 2.86. The van der Waals surface area contributed by atoms with E-state index in [9.17, 15) is 22.7 Å². The number of ether oxygens (including phenoxy) is 5. The Morgan fingerprint density at radius 3 is 1.57 bits per heavy atom. The average molecular weight is 956 g/mol. The first-order chi connectivity index (χ1) is 28.5. The third kappa shape index (κ3) is 10.9. The monoisotopic (exact) mass is 954 g/mol. The number of aliphatic hydroxyl groups is 2. The van der Waals surface area contributed by atoms with Gasteiger partial charge in [0.2, 0.25) is 17.8 Å². The normalized spacial score (nSPS) is 35.7. The van der Waals surface area contributed by atoms with Gasteiger partial charge in [0.25, 0.3) is 0 Å². The summed E-state index contributed by atoms with van der Waals surface area (Å²) < 4.78 is 85.3. The number of methoxy groups -OCH3 is 1. The third-order valence-electron chi connectivity index (χ3n) is 10.9. The van der Waals surface area contributed by atoms with Crippen molar-refractivity contribution in [2.75, 3.05) is 25.2 Å². The van der Waals surface area contributed by atoms with E-state index >= 15 is 0 Å². The van der Waals surface area contributed by atoms with Crippen LogP contribution < -0.4 is 16.2 Å². The first-order valence-corrected chi connectivity index (χ1v) is 21.3. The van der Waals surface area contributed by atoms with Gasteiger partial charge < -0.3 is 45.4 Å². The van der Waals surface area contributed by atoms with Gasteiger partial charge in [0.15, 0.2) is 57.7 Å². The Kier molecular flexibility index (Phi) is 15.4. The predicted octanol–water partition coefficient (Wildman–Crippen LogP) is 6.78. The second-order valence-electron chi connectivity index (χ2n) is 16.4. The number of fused-ring (bicyclic) bond motifs is 2. The molecule has 17 nitrogen and oxygen atoms in total. The van der Waals surface area contributed by atoms with Crippen LogP contribution in [0, 0.1) is 0 Å². The van der Waals surface area contributed by atoms with Gasteiger partial charge in [0, 0.05) is 25.7 Å². The van der Waals surface area contributed by atoms with Crippen molar-refractivity contribution in [2.45, 2.75) is 164 Å². The molecule has 12 atom stereocenters. The van der Waals surface area contributed by atoms with Crippen molar-refractivity contribution in [2.24, 2.45) is 0 Å². The lowest BCUT2D eigenvalue weighted by molar-refractivity contribution is -0.137. The molecular weight excluding hydrogens is 900 g/mol. The Labute approximate surface area is 364 Å². The summed E-state index contributed by atoms with van der Waals surface area (Å²) in [7, 11) is 1.44. The number of imidazole rings is 2. The van der Waals surface area contributed by atoms with Crippen molar-refractivity contribution in [3.8, 4) is 5.88 Å². The van der Waals surface area contributed by atoms with E-state index in [-0.39, 0.29) is 54.3 Å². The van der Waals surface area contributed by atoms with Crippen LogP contribution in [0.2, 0.25) is 5.15 Å². The predicted molar refractivity (Wildman–Crippen MR) is 222 cm³/mol. The molecule has 4 fully saturated rings. The second kappa shape index (κ2) is 19.2. The van der Waals surface area contributed by atoms with Crippen LogP contribution in [0.3, 0.4) is 0 Å². The van der Waals surface area contributed by atoms with E-state index in [0.717, 1.165) is 19.3 Å². The number of nitrogens with zero attached hydrogens (tertiary/aromatic N) is 8. The summed E-state index contributed by atoms with van der Waals surface area (Å²) in [6.45, 7) is 11.5. The van der Waals surface area contributed by atoms with E-state index in [0.29, 0.717) is 41.6 Å². The lowest BCUT2D eigenvalue weighted by Crippen LogP contribution is -2.28. The zero-order valence-corrected chi connectivity index (χ0v) is 37.7. The Morgan fingerprint density at radius 1 is 0.721 bits per heavy atom. The molecule has 0 aromatic carbocycles. The second-order valence-corrected chi connectivity index (χ2v) is 17.5. The molecule has 8 rings (SSSR count). The fourth-order valence-electron chi connectivity index (χ4n) is 7.48. The number of anilines is 2. The molecule has 0 saturated carbocycles. The van der Waals surface area contributed by atoms with E-state index in [1.54, 1.807) is 6.92 Å². The summed E-state index contributed by atoms with van der Waals surface area (Å²) in [5.74, 6) is 0.238. The molecule has 4 aromatic rings. The zero-order valence-electron chi connectivity index (χ0n) is 35.4. The molecule has 61 heavy (non-hydrogen) atoms. The van der Waals surface area contributed by atoms with E-state index in [2.05, 4.69) is 45.8 Å². The quantitative estimate of drug-likeness (QED) is 0.0851. The highest BCUT2D eigenvalue weighted by Crippen LogP contribution is 2.44. The van der Waals surface area contributed by atoms with Crippen LogP contribution >= 0.6 is 27.5 Å². The van der Waals surface area contributed by atoms with Gasteiger partial charge in [0.1, 0.15) is 16.2 Å². The number of hydrogen-bond donors (Lipinski definition) is 4. The smallest absolute Gasteiger partial charge is 0.246 e. The molecule has 0 spiro atoms. The third-order valence-corrected chi connectivity index (χ3v) is 12.3. The van der Waals surface area contributed by atoms with Gasteiger partial charge >= 0.3 is 0 Å². The molecule has 4 aliphatic heterocycles. The number of aliphatic hydroxyl groups excluding tert-OH is 2. The van der Waals surface area contributed by atoms with Gasteiger partial charge in [-0.1, -0.05) is 48.3 Å². The van der Waals surface area contributed by atoms with Crippen molar-refractivity contribution in [1.82, 2.24) is 39.0 Å². The average Bonchev–Trinajstić information content (AvgIpc) is 4.03. The lowest BCUT2D eigenvalue weighted by atomic mass is 10.0. The fourth-order valence-corrected chi connectivity index (χ4v) is 8.19. The van der Waals surface area contributed by atoms with E-state index in [1.165, 1.54) is 49.7 Å². The standard InChI is InChI=1S/C12H15ClFN5O.C12H16FN5O3.C7H12BrFO.C7H13FO2/c1-3-6-4-12(2,14)10(20-6)19-5-16-7-8(13)17-11(15)18-9(7)19;1-12(13)3-6(4-19)21-10(12)18-5-15-7-8(18)16-11(14)17-9(7)20-2;1-3-5-4-7(2,9)6(8)10-5;1-3-5-4-7(2,8)6(9)10-5/h5-6,10H,3-4H2,1-2H3,(H2,15,17,18);5-6,10,19H,3-4H2,1-2H3,(H2,14,16,17);5-6H,3-4H2,1-2H3;5-6,9H,3-4H2,1-2H3/t2*6?,10?,12-;2*5?,6?,7-/m1111/s1. The minimum atomic E-state index is -1.66. The highest BCUT2D eigenvalue weighted by Gasteiger charge is 2.49. The number of aromatic nitrogens is 8. The highest BCUT2D eigenvalue weighted by molar-refractivity contribution is 9.09. The maximum Gasteiger partial charge on any atom is 0.246 e. The van der Waals surface area contributed by atoms with Crippen molar-refractivity contribution >= 4 is 61.8 Å². The van der Waals surface area contributed by atoms with Crippen molar-refractivity contribution in [1.29, 1.82) is 0 Å². The van der Waals surface area contributed by atoms with E-state index in [4.69, 9.17) is 51.9 Å². The molecule has 342 valence electrons. The molecular formula is C38H56BrClF4N10O7. The van der Waals surface area contributed by atoms with Gasteiger partial charge in [-0.3, -0.25) is 9.13 Å². The lowest BCUT2D eigenvalue weighted by Gasteiger charge is -2.22. The van der Waals surface area contributed by atoms with Crippen LogP contribution in [0.5, 0.6) is 5.88 Å². The van der Waals surface area contributed by atoms with Gasteiger partial charge in [-0.25, -0.2) is 27.5 Å². The van der Waals surface area contributed by atoms with Crippen LogP contribution in [-0.4, -0.2) is 121 Å². The number of halogens is 6. The number of rotatable bonds is 7. The largest absolute Gasteiger partial charge is 0.479 e. The number of nitrogens with two attached hydrogens (primary N) is 2. The molecule has 23 heteroatoms. The summed E-state index contributed by atoms with van der Waals surface area (Å²) >= 11 is 9.11. The van der Waals surface area contributed by atoms with Gasteiger partial charge in [0.05, 0.1) is 50.8 Å². The van der Waals surface area contributed by atoms with Crippen LogP contribution in [0.25, 0.3) is 22.3 Å². The zero-order chi connectivity index (χ0) is 45.2. The van der Waals surface area contributed by atoms with Crippen LogP contribution in [-0.2, 0) is 18.9 Å². The summed E-state index contributed by atoms with van der Waals surface area (Å²) in [5.41, 5.74) is 6.81. The van der Waals surface area contributed by atoms with Crippen molar-refractivity contribution in [3.63, 3.8) is 0 Å². The maximum atomic E-state index is 14.7. The first kappa shape index (κ1) is 48.8. The van der Waals surface area contributed by atoms with Crippen LogP contribution in [0.4, 0.5) is 29.5 Å². The number of hydrogen-bond acceptors (Lipinski definition) is 15. The summed E-state index contributed by atoms with van der Waals surface area (Å²) in [4.78, 5) is 24.2. The number of nitrogen functional groups attached to an aromatic ring is 2. The molecule has 4 saturated heterocycles. The Morgan fingerprint density at radius 2 is 1.16 bits per heavy atom. The molecule has 8 unspecified atom stereocenters. The maximum absolute atomic E-state index is 14.7. The summed E-state index contributed by atoms with van der Waals surface area (Å²) in [5, 5.41) is 17.9.